The quantitative estimate of drug-likeness (QED) is 0.207. The summed E-state index contributed by atoms with van der Waals surface area (Å²) in [5.74, 6) is 0.386. The van der Waals surface area contributed by atoms with Gasteiger partial charge in [-0.25, -0.2) is 0 Å². The second-order valence-corrected chi connectivity index (χ2v) is 7.19. The van der Waals surface area contributed by atoms with Crippen molar-refractivity contribution in [2.45, 2.75) is 6.61 Å². The van der Waals surface area contributed by atoms with Crippen LogP contribution in [-0.2, 0) is 11.4 Å². The highest BCUT2D eigenvalue weighted by atomic mass is 35.5. The first-order valence-electron chi connectivity index (χ1n) is 9.62. The molecule has 0 aliphatic rings. The summed E-state index contributed by atoms with van der Waals surface area (Å²) >= 11 is 6.10. The number of anilines is 1. The zero-order valence-corrected chi connectivity index (χ0v) is 18.2. The number of methoxy groups -OCH3 is 1. The number of amides is 1. The van der Waals surface area contributed by atoms with E-state index in [-0.39, 0.29) is 17.9 Å². The molecular formula is C24H18ClN3O5. The molecule has 0 fully saturated rings. The number of carbonyl (C=O) groups is 1. The van der Waals surface area contributed by atoms with Gasteiger partial charge in [-0.15, -0.1) is 0 Å². The van der Waals surface area contributed by atoms with Crippen LogP contribution in [0.5, 0.6) is 11.5 Å². The molecule has 0 heterocycles. The summed E-state index contributed by atoms with van der Waals surface area (Å²) in [6.45, 7) is 0.0457. The van der Waals surface area contributed by atoms with Gasteiger partial charge in [-0.2, -0.15) is 5.26 Å². The lowest BCUT2D eigenvalue weighted by Crippen LogP contribution is -2.13. The van der Waals surface area contributed by atoms with Crippen LogP contribution in [0.1, 0.15) is 11.1 Å². The number of halogens is 1. The maximum absolute atomic E-state index is 12.6. The predicted molar refractivity (Wildman–Crippen MR) is 124 cm³/mol. The van der Waals surface area contributed by atoms with Crippen molar-refractivity contribution in [1.29, 1.82) is 5.26 Å². The van der Waals surface area contributed by atoms with E-state index in [1.54, 1.807) is 54.6 Å². The van der Waals surface area contributed by atoms with Crippen molar-refractivity contribution in [3.63, 3.8) is 0 Å². The molecule has 0 spiro atoms. The van der Waals surface area contributed by atoms with E-state index >= 15 is 0 Å². The number of nitro benzene ring substituents is 1. The highest BCUT2D eigenvalue weighted by Gasteiger charge is 2.13. The highest BCUT2D eigenvalue weighted by Crippen LogP contribution is 2.27. The molecule has 3 aromatic rings. The number of ether oxygens (including phenoxy) is 2. The van der Waals surface area contributed by atoms with Crippen LogP contribution in [0, 0.1) is 21.4 Å². The zero-order chi connectivity index (χ0) is 23.8. The molecule has 3 aromatic carbocycles. The summed E-state index contributed by atoms with van der Waals surface area (Å²) in [6.07, 6.45) is 1.37. The first kappa shape index (κ1) is 23.3. The lowest BCUT2D eigenvalue weighted by Gasteiger charge is -2.11. The molecule has 1 N–H and O–H groups in total. The van der Waals surface area contributed by atoms with Crippen molar-refractivity contribution in [3.05, 3.63) is 98.6 Å². The number of nitrogens with zero attached hydrogens (tertiary/aromatic N) is 2. The Morgan fingerprint density at radius 1 is 1.18 bits per heavy atom. The summed E-state index contributed by atoms with van der Waals surface area (Å²) in [4.78, 5) is 23.1. The summed E-state index contributed by atoms with van der Waals surface area (Å²) in [7, 11) is 1.54. The molecule has 0 saturated carbocycles. The van der Waals surface area contributed by atoms with Crippen LogP contribution in [0.4, 0.5) is 11.4 Å². The van der Waals surface area contributed by atoms with E-state index in [9.17, 15) is 20.2 Å². The number of non-ortho nitro benzene ring substituents is 1. The summed E-state index contributed by atoms with van der Waals surface area (Å²) in [5, 5.41) is 23.5. The SMILES string of the molecule is COc1ccc(NC(=O)/C(C#N)=C/c2cc(Cl)ccc2OCc2cccc([N+](=O)[O-])c2)cc1. The summed E-state index contributed by atoms with van der Waals surface area (Å²) in [5.41, 5.74) is 1.29. The van der Waals surface area contributed by atoms with Gasteiger partial charge in [0.2, 0.25) is 0 Å². The van der Waals surface area contributed by atoms with Crippen LogP contribution in [0.3, 0.4) is 0 Å². The zero-order valence-electron chi connectivity index (χ0n) is 17.4. The highest BCUT2D eigenvalue weighted by molar-refractivity contribution is 6.30. The van der Waals surface area contributed by atoms with Gasteiger partial charge in [0.1, 0.15) is 29.7 Å². The Morgan fingerprint density at radius 2 is 1.94 bits per heavy atom. The normalized spacial score (nSPS) is 10.8. The Kier molecular flexibility index (Phi) is 7.63. The average molecular weight is 464 g/mol. The Bertz CT molecular complexity index is 1250. The second-order valence-electron chi connectivity index (χ2n) is 6.75. The molecule has 166 valence electrons. The first-order chi connectivity index (χ1) is 15.9. The monoisotopic (exact) mass is 463 g/mol. The van der Waals surface area contributed by atoms with Crippen LogP contribution >= 0.6 is 11.6 Å². The smallest absolute Gasteiger partial charge is 0.269 e. The average Bonchev–Trinajstić information content (AvgIpc) is 2.82. The van der Waals surface area contributed by atoms with E-state index in [4.69, 9.17) is 21.1 Å². The number of nitriles is 1. The fraction of sp³-hybridized carbons (Fsp3) is 0.0833. The van der Waals surface area contributed by atoms with Crippen molar-refractivity contribution in [1.82, 2.24) is 0 Å². The number of hydrogen-bond acceptors (Lipinski definition) is 6. The van der Waals surface area contributed by atoms with Gasteiger partial charge < -0.3 is 14.8 Å². The van der Waals surface area contributed by atoms with E-state index in [0.29, 0.717) is 33.3 Å². The molecule has 0 unspecified atom stereocenters. The van der Waals surface area contributed by atoms with Gasteiger partial charge in [0, 0.05) is 28.4 Å². The van der Waals surface area contributed by atoms with Crippen molar-refractivity contribution < 1.29 is 19.2 Å². The van der Waals surface area contributed by atoms with Gasteiger partial charge >= 0.3 is 0 Å². The molecule has 0 bridgehead atoms. The number of nitro groups is 1. The van der Waals surface area contributed by atoms with Gasteiger partial charge in [0.25, 0.3) is 11.6 Å². The van der Waals surface area contributed by atoms with E-state index in [0.717, 1.165) is 0 Å². The van der Waals surface area contributed by atoms with Gasteiger partial charge in [0.15, 0.2) is 0 Å². The maximum atomic E-state index is 12.6. The van der Waals surface area contributed by atoms with Crippen molar-refractivity contribution in [2.75, 3.05) is 12.4 Å². The first-order valence-corrected chi connectivity index (χ1v) is 10.0. The van der Waals surface area contributed by atoms with Gasteiger partial charge in [0.05, 0.1) is 12.0 Å². The minimum Gasteiger partial charge on any atom is -0.497 e. The van der Waals surface area contributed by atoms with Crippen LogP contribution in [-0.4, -0.2) is 17.9 Å². The molecule has 0 aliphatic heterocycles. The molecule has 0 radical (unpaired) electrons. The molecular weight excluding hydrogens is 446 g/mol. The molecule has 8 nitrogen and oxygen atoms in total. The van der Waals surface area contributed by atoms with E-state index < -0.39 is 10.8 Å². The summed E-state index contributed by atoms with van der Waals surface area (Å²) < 4.78 is 10.9. The van der Waals surface area contributed by atoms with Gasteiger partial charge in [-0.3, -0.25) is 14.9 Å². The van der Waals surface area contributed by atoms with Crippen LogP contribution in [0.2, 0.25) is 5.02 Å². The molecule has 0 atom stereocenters. The van der Waals surface area contributed by atoms with Gasteiger partial charge in [-0.05, 0) is 54.1 Å². The Morgan fingerprint density at radius 3 is 2.61 bits per heavy atom. The number of carbonyl (C=O) groups excluding carboxylic acids is 1. The standard InChI is InChI=1S/C24H18ClN3O5/c1-32-22-8-6-20(7-9-22)27-24(29)18(14-26)12-17-13-19(25)5-10-23(17)33-15-16-3-2-4-21(11-16)28(30)31/h2-13H,15H2,1H3,(H,27,29)/b18-12+. The summed E-state index contributed by atoms with van der Waals surface area (Å²) in [6, 6.07) is 19.4. The third-order valence-electron chi connectivity index (χ3n) is 4.50. The molecule has 3 rings (SSSR count). The van der Waals surface area contributed by atoms with Crippen molar-refractivity contribution >= 4 is 35.0 Å². The minimum atomic E-state index is -0.604. The molecule has 0 saturated heterocycles. The fourth-order valence-electron chi connectivity index (χ4n) is 2.86. The fourth-order valence-corrected chi connectivity index (χ4v) is 3.04. The molecule has 1 amide bonds. The Balaban J connectivity index is 1.81. The van der Waals surface area contributed by atoms with E-state index in [1.165, 1.54) is 25.3 Å². The number of benzene rings is 3. The molecule has 0 aromatic heterocycles. The molecule has 9 heteroatoms. The van der Waals surface area contributed by atoms with E-state index in [2.05, 4.69) is 5.32 Å². The number of nitrogens with one attached hydrogen (secondary N) is 1. The topological polar surface area (TPSA) is 114 Å². The number of hydrogen-bond donors (Lipinski definition) is 1. The predicted octanol–water partition coefficient (Wildman–Crippen LogP) is 5.38. The maximum Gasteiger partial charge on any atom is 0.269 e. The lowest BCUT2D eigenvalue weighted by atomic mass is 10.1. The van der Waals surface area contributed by atoms with Crippen LogP contribution in [0.15, 0.2) is 72.3 Å². The molecule has 33 heavy (non-hydrogen) atoms. The third-order valence-corrected chi connectivity index (χ3v) is 4.74. The largest absolute Gasteiger partial charge is 0.497 e. The van der Waals surface area contributed by atoms with Crippen LogP contribution in [0.25, 0.3) is 6.08 Å². The second kappa shape index (κ2) is 10.8. The lowest BCUT2D eigenvalue weighted by molar-refractivity contribution is -0.384. The molecule has 0 aliphatic carbocycles. The van der Waals surface area contributed by atoms with Crippen molar-refractivity contribution in [2.24, 2.45) is 0 Å². The third kappa shape index (κ3) is 6.32. The van der Waals surface area contributed by atoms with Crippen LogP contribution < -0.4 is 14.8 Å². The van der Waals surface area contributed by atoms with E-state index in [1.807, 2.05) is 6.07 Å². The number of rotatable bonds is 8. The van der Waals surface area contributed by atoms with Crippen molar-refractivity contribution in [3.8, 4) is 17.6 Å². The Hall–Kier alpha value is -4.35. The van der Waals surface area contributed by atoms with Gasteiger partial charge in [-0.1, -0.05) is 23.7 Å². The minimum absolute atomic E-state index is 0.0457. The Labute approximate surface area is 194 Å².